The zero-order valence-corrected chi connectivity index (χ0v) is 16.8. The van der Waals surface area contributed by atoms with E-state index in [1.165, 1.54) is 29.2 Å². The number of nitrogens with one attached hydrogen (secondary N) is 1. The lowest BCUT2D eigenvalue weighted by Gasteiger charge is -2.36. The van der Waals surface area contributed by atoms with Crippen LogP contribution in [0.3, 0.4) is 0 Å². The predicted molar refractivity (Wildman–Crippen MR) is 108 cm³/mol. The Kier molecular flexibility index (Phi) is 5.66. The average Bonchev–Trinajstić information content (AvgIpc) is 3.55. The van der Waals surface area contributed by atoms with Crippen LogP contribution in [0.2, 0.25) is 0 Å². The van der Waals surface area contributed by atoms with E-state index in [9.17, 15) is 32.3 Å². The van der Waals surface area contributed by atoms with E-state index in [0.717, 1.165) is 37.1 Å². The minimum absolute atomic E-state index is 0.101. The van der Waals surface area contributed by atoms with Crippen LogP contribution in [0.25, 0.3) is 0 Å². The van der Waals surface area contributed by atoms with Gasteiger partial charge in [0, 0.05) is 18.7 Å². The number of hydrogen-bond acceptors (Lipinski definition) is 3. The minimum Gasteiger partial charge on any atom is -0.511 e. The van der Waals surface area contributed by atoms with E-state index >= 15 is 0 Å². The molecule has 2 aliphatic rings. The number of amides is 2. The molecule has 0 aromatic heterocycles. The quantitative estimate of drug-likeness (QED) is 0.501. The van der Waals surface area contributed by atoms with Crippen molar-refractivity contribution in [2.24, 2.45) is 5.92 Å². The second-order valence-electron chi connectivity index (χ2n) is 8.02. The van der Waals surface area contributed by atoms with E-state index < -0.39 is 46.7 Å². The average molecular weight is 448 g/mol. The van der Waals surface area contributed by atoms with Gasteiger partial charge in [0.05, 0.1) is 11.6 Å². The molecule has 0 spiro atoms. The molecule has 2 N–H and O–H groups in total. The van der Waals surface area contributed by atoms with Crippen molar-refractivity contribution >= 4 is 17.5 Å². The minimum atomic E-state index is -4.48. The Morgan fingerprint density at radius 1 is 1.06 bits per heavy atom. The molecule has 1 aliphatic carbocycles. The van der Waals surface area contributed by atoms with Crippen molar-refractivity contribution in [2.75, 3.05) is 11.9 Å². The second-order valence-corrected chi connectivity index (χ2v) is 8.02. The summed E-state index contributed by atoms with van der Waals surface area (Å²) in [5.74, 6) is -2.20. The molecule has 9 heteroatoms. The van der Waals surface area contributed by atoms with E-state index in [2.05, 4.69) is 5.32 Å². The highest BCUT2D eigenvalue weighted by molar-refractivity contribution is 6.23. The maximum absolute atomic E-state index is 13.2. The van der Waals surface area contributed by atoms with Crippen LogP contribution >= 0.6 is 0 Å². The number of halogens is 4. The first kappa shape index (κ1) is 21.9. The number of rotatable bonds is 5. The number of nitrogens with zero attached hydrogens (tertiary/aromatic N) is 1. The number of aliphatic hydroxyl groups excluding tert-OH is 1. The summed E-state index contributed by atoms with van der Waals surface area (Å²) in [6, 6.07) is 8.71. The summed E-state index contributed by atoms with van der Waals surface area (Å²) in [6.07, 6.45) is -2.76. The molecule has 2 aromatic carbocycles. The maximum atomic E-state index is 13.2. The number of carbonyl (C=O) groups is 2. The van der Waals surface area contributed by atoms with Crippen molar-refractivity contribution in [1.29, 1.82) is 0 Å². The van der Waals surface area contributed by atoms with E-state index in [-0.39, 0.29) is 18.0 Å². The molecule has 0 saturated heterocycles. The predicted octanol–water partition coefficient (Wildman–Crippen LogP) is 4.98. The van der Waals surface area contributed by atoms with Crippen LogP contribution in [0, 0.1) is 11.7 Å². The van der Waals surface area contributed by atoms with Gasteiger partial charge in [0.25, 0.3) is 11.8 Å². The number of alkyl halides is 3. The number of aliphatic hydroxyl groups is 1. The van der Waals surface area contributed by atoms with Crippen LogP contribution in [0.4, 0.5) is 23.2 Å². The van der Waals surface area contributed by atoms with Gasteiger partial charge in [-0.25, -0.2) is 4.39 Å². The van der Waals surface area contributed by atoms with Crippen LogP contribution < -0.4 is 5.32 Å². The number of anilines is 1. The van der Waals surface area contributed by atoms with Gasteiger partial charge in [-0.05, 0) is 60.7 Å². The highest BCUT2D eigenvalue weighted by Crippen LogP contribution is 2.40. The molecule has 0 radical (unpaired) electrons. The van der Waals surface area contributed by atoms with Crippen molar-refractivity contribution in [3.63, 3.8) is 0 Å². The summed E-state index contributed by atoms with van der Waals surface area (Å²) in [4.78, 5) is 27.4. The van der Waals surface area contributed by atoms with Gasteiger partial charge >= 0.3 is 6.18 Å². The highest BCUT2D eigenvalue weighted by atomic mass is 19.4. The lowest BCUT2D eigenvalue weighted by atomic mass is 9.92. The molecule has 1 saturated carbocycles. The lowest BCUT2D eigenvalue weighted by Crippen LogP contribution is -2.44. The molecular weight excluding hydrogens is 428 g/mol. The fraction of sp³-hybridized carbons (Fsp3) is 0.304. The summed E-state index contributed by atoms with van der Waals surface area (Å²) in [5.41, 5.74) is -0.533. The number of carbonyl (C=O) groups excluding carboxylic acids is 2. The third kappa shape index (κ3) is 4.61. The van der Waals surface area contributed by atoms with E-state index in [1.54, 1.807) is 0 Å². The molecule has 1 atom stereocenters. The Bertz CT molecular complexity index is 1060. The normalized spacial score (nSPS) is 19.3. The first-order valence-electron chi connectivity index (χ1n) is 10.1. The fourth-order valence-corrected chi connectivity index (χ4v) is 3.74. The summed E-state index contributed by atoms with van der Waals surface area (Å²) < 4.78 is 51.8. The summed E-state index contributed by atoms with van der Waals surface area (Å²) >= 11 is 0. The van der Waals surface area contributed by atoms with Gasteiger partial charge in [0.15, 0.2) is 0 Å². The monoisotopic (exact) mass is 448 g/mol. The molecule has 1 unspecified atom stereocenters. The van der Waals surface area contributed by atoms with Gasteiger partial charge in [-0.2, -0.15) is 13.2 Å². The Morgan fingerprint density at radius 2 is 1.69 bits per heavy atom. The molecule has 2 amide bonds. The van der Waals surface area contributed by atoms with Gasteiger partial charge in [0.1, 0.15) is 17.1 Å². The van der Waals surface area contributed by atoms with Crippen LogP contribution in [0.15, 0.2) is 59.9 Å². The van der Waals surface area contributed by atoms with Crippen LogP contribution in [-0.4, -0.2) is 28.4 Å². The van der Waals surface area contributed by atoms with E-state index in [1.807, 2.05) is 0 Å². The van der Waals surface area contributed by atoms with E-state index in [0.29, 0.717) is 12.1 Å². The van der Waals surface area contributed by atoms with Gasteiger partial charge in [-0.15, -0.1) is 0 Å². The molecule has 4 rings (SSSR count). The third-order valence-corrected chi connectivity index (χ3v) is 5.63. The lowest BCUT2D eigenvalue weighted by molar-refractivity contribution is -0.138. The Balaban J connectivity index is 1.62. The Hall–Kier alpha value is -3.36. The second kappa shape index (κ2) is 8.29. The van der Waals surface area contributed by atoms with Gasteiger partial charge in [0.2, 0.25) is 0 Å². The molecule has 1 fully saturated rings. The Labute approximate surface area is 181 Å². The molecule has 1 heterocycles. The number of hydrogen-bond donors (Lipinski definition) is 2. The summed E-state index contributed by atoms with van der Waals surface area (Å²) in [5, 5.41) is 13.0. The van der Waals surface area contributed by atoms with Crippen LogP contribution in [0.1, 0.15) is 36.4 Å². The molecule has 32 heavy (non-hydrogen) atoms. The molecular formula is C23H20F4N2O3. The molecule has 168 valence electrons. The van der Waals surface area contributed by atoms with Crippen molar-refractivity contribution < 1.29 is 32.3 Å². The molecule has 5 nitrogen and oxygen atoms in total. The third-order valence-electron chi connectivity index (χ3n) is 5.63. The first-order valence-corrected chi connectivity index (χ1v) is 10.1. The van der Waals surface area contributed by atoms with Crippen molar-refractivity contribution in [3.8, 4) is 0 Å². The van der Waals surface area contributed by atoms with Crippen molar-refractivity contribution in [2.45, 2.75) is 31.5 Å². The fourth-order valence-electron chi connectivity index (χ4n) is 3.74. The van der Waals surface area contributed by atoms with Gasteiger partial charge in [-0.1, -0.05) is 12.1 Å². The highest BCUT2D eigenvalue weighted by Gasteiger charge is 2.41. The zero-order valence-electron chi connectivity index (χ0n) is 16.8. The zero-order chi connectivity index (χ0) is 23.0. The van der Waals surface area contributed by atoms with Gasteiger partial charge < -0.3 is 15.3 Å². The molecule has 1 aliphatic heterocycles. The van der Waals surface area contributed by atoms with Crippen LogP contribution in [0.5, 0.6) is 0 Å². The number of benzene rings is 2. The van der Waals surface area contributed by atoms with Crippen LogP contribution in [-0.2, 0) is 15.8 Å². The summed E-state index contributed by atoms with van der Waals surface area (Å²) in [6.45, 7) is 0.338. The molecule has 2 aromatic rings. The Morgan fingerprint density at radius 3 is 2.25 bits per heavy atom. The first-order chi connectivity index (χ1) is 15.1. The molecule has 0 bridgehead atoms. The van der Waals surface area contributed by atoms with Crippen molar-refractivity contribution in [1.82, 2.24) is 4.90 Å². The smallest absolute Gasteiger partial charge is 0.416 e. The maximum Gasteiger partial charge on any atom is 0.416 e. The van der Waals surface area contributed by atoms with Gasteiger partial charge in [-0.3, -0.25) is 9.59 Å². The standard InChI is InChI=1S/C23H20F4N2O3/c24-16-7-9-17(10-8-16)28-21(31)20-19(30)11-18(29(22(20)32)12-13-1-2-13)14-3-5-15(6-4-14)23(25,26)27/h3-10,13,18,30H,1-2,11-12H2,(H,28,31). The topological polar surface area (TPSA) is 69.6 Å². The SMILES string of the molecule is O=C(Nc1ccc(F)cc1)C1=C(O)CC(c2ccc(C(F)(F)F)cc2)N(CC2CC2)C1=O. The van der Waals surface area contributed by atoms with E-state index in [4.69, 9.17) is 0 Å². The van der Waals surface area contributed by atoms with Crippen molar-refractivity contribution in [3.05, 3.63) is 76.8 Å². The summed E-state index contributed by atoms with van der Waals surface area (Å²) in [7, 11) is 0. The largest absolute Gasteiger partial charge is 0.511 e.